The Balaban J connectivity index is 4.56. The molecule has 2 N–H and O–H groups in total. The lowest BCUT2D eigenvalue weighted by atomic mass is 9.65. The van der Waals surface area contributed by atoms with Crippen LogP contribution in [0.2, 0.25) is 0 Å². The number of aliphatic hydroxyl groups is 2. The molecule has 122 valence electrons. The van der Waals surface area contributed by atoms with Gasteiger partial charge in [-0.25, -0.2) is 0 Å². The molecule has 20 heavy (non-hydrogen) atoms. The Labute approximate surface area is 127 Å². The maximum absolute atomic E-state index is 9.19. The fourth-order valence-corrected chi connectivity index (χ4v) is 4.38. The monoisotopic (exact) mass is 286 g/mol. The molecule has 1 unspecified atom stereocenters. The predicted octanol–water partition coefficient (Wildman–Crippen LogP) is 4.64. The largest absolute Gasteiger partial charge is 0.396 e. The molecular formula is C18H38O2. The molecule has 0 aromatic rings. The van der Waals surface area contributed by atoms with Gasteiger partial charge in [-0.15, -0.1) is 0 Å². The van der Waals surface area contributed by atoms with Crippen LogP contribution < -0.4 is 0 Å². The first-order valence-corrected chi connectivity index (χ1v) is 8.15. The molecule has 0 bridgehead atoms. The van der Waals surface area contributed by atoms with E-state index in [0.29, 0.717) is 17.9 Å². The molecule has 0 saturated carbocycles. The second-order valence-electron chi connectivity index (χ2n) is 9.14. The molecule has 0 aromatic heterocycles. The van der Waals surface area contributed by atoms with E-state index in [9.17, 15) is 5.11 Å². The molecule has 0 aliphatic heterocycles. The Morgan fingerprint density at radius 1 is 0.750 bits per heavy atom. The van der Waals surface area contributed by atoms with Gasteiger partial charge in [0.1, 0.15) is 0 Å². The molecular weight excluding hydrogens is 248 g/mol. The Morgan fingerprint density at radius 2 is 1.25 bits per heavy atom. The molecule has 0 spiro atoms. The fourth-order valence-electron chi connectivity index (χ4n) is 4.38. The summed E-state index contributed by atoms with van der Waals surface area (Å²) in [5.74, 6) is 0.580. The maximum Gasteiger partial charge on any atom is 0.0436 e. The standard InChI is InChI=1S/C18H38O2/c1-15(8-10-19)12-17(4,5)14-18(6,7)13-16(2,3)9-11-20/h15,19-20H,8-14H2,1-7H3. The predicted molar refractivity (Wildman–Crippen MR) is 87.8 cm³/mol. The minimum atomic E-state index is 0.199. The first-order chi connectivity index (χ1) is 8.93. The highest BCUT2D eigenvalue weighted by Crippen LogP contribution is 2.45. The zero-order valence-corrected chi connectivity index (χ0v) is 14.9. The van der Waals surface area contributed by atoms with Crippen LogP contribution in [0.1, 0.15) is 80.6 Å². The molecule has 0 aliphatic carbocycles. The van der Waals surface area contributed by atoms with Crippen molar-refractivity contribution in [2.45, 2.75) is 80.6 Å². The van der Waals surface area contributed by atoms with E-state index in [1.807, 2.05) is 0 Å². The molecule has 0 aromatic carbocycles. The van der Waals surface area contributed by atoms with Crippen molar-refractivity contribution in [3.63, 3.8) is 0 Å². The molecule has 2 nitrogen and oxygen atoms in total. The highest BCUT2D eigenvalue weighted by atomic mass is 16.3. The van der Waals surface area contributed by atoms with E-state index in [2.05, 4.69) is 48.5 Å². The molecule has 0 heterocycles. The first kappa shape index (κ1) is 19.9. The molecule has 0 amide bonds. The normalized spacial score (nSPS) is 15.4. The summed E-state index contributed by atoms with van der Waals surface area (Å²) in [4.78, 5) is 0. The van der Waals surface area contributed by atoms with Gasteiger partial charge in [-0.2, -0.15) is 0 Å². The zero-order chi connectivity index (χ0) is 16.0. The lowest BCUT2D eigenvalue weighted by Gasteiger charge is -2.41. The van der Waals surface area contributed by atoms with Crippen LogP contribution in [0.4, 0.5) is 0 Å². The Hall–Kier alpha value is -0.0800. The Kier molecular flexibility index (Phi) is 7.76. The van der Waals surface area contributed by atoms with Gasteiger partial charge in [0.05, 0.1) is 0 Å². The Bertz CT molecular complexity index is 267. The van der Waals surface area contributed by atoms with E-state index in [1.54, 1.807) is 0 Å². The minimum Gasteiger partial charge on any atom is -0.396 e. The molecule has 0 saturated heterocycles. The highest BCUT2D eigenvalue weighted by molar-refractivity contribution is 4.85. The van der Waals surface area contributed by atoms with Crippen molar-refractivity contribution in [2.75, 3.05) is 13.2 Å². The van der Waals surface area contributed by atoms with Crippen molar-refractivity contribution in [1.82, 2.24) is 0 Å². The van der Waals surface area contributed by atoms with E-state index in [0.717, 1.165) is 25.7 Å². The summed E-state index contributed by atoms with van der Waals surface area (Å²) in [6, 6.07) is 0. The minimum absolute atomic E-state index is 0.199. The van der Waals surface area contributed by atoms with Crippen molar-refractivity contribution >= 4 is 0 Å². The van der Waals surface area contributed by atoms with Crippen molar-refractivity contribution in [3.05, 3.63) is 0 Å². The van der Waals surface area contributed by atoms with Crippen LogP contribution in [0.5, 0.6) is 0 Å². The molecule has 1 atom stereocenters. The number of aliphatic hydroxyl groups excluding tert-OH is 2. The van der Waals surface area contributed by atoms with E-state index < -0.39 is 0 Å². The van der Waals surface area contributed by atoms with Crippen molar-refractivity contribution in [3.8, 4) is 0 Å². The average Bonchev–Trinajstić information content (AvgIpc) is 2.11. The lowest BCUT2D eigenvalue weighted by Crippen LogP contribution is -2.30. The molecule has 0 fully saturated rings. The van der Waals surface area contributed by atoms with Crippen LogP contribution in [-0.4, -0.2) is 23.4 Å². The molecule has 0 radical (unpaired) electrons. The van der Waals surface area contributed by atoms with Crippen molar-refractivity contribution < 1.29 is 10.2 Å². The van der Waals surface area contributed by atoms with Gasteiger partial charge in [0.2, 0.25) is 0 Å². The van der Waals surface area contributed by atoms with Crippen molar-refractivity contribution in [2.24, 2.45) is 22.2 Å². The third kappa shape index (κ3) is 8.97. The summed E-state index contributed by atoms with van der Waals surface area (Å²) < 4.78 is 0. The molecule has 0 aliphatic rings. The van der Waals surface area contributed by atoms with Gasteiger partial charge in [-0.05, 0) is 54.3 Å². The number of rotatable bonds is 10. The van der Waals surface area contributed by atoms with Gasteiger partial charge >= 0.3 is 0 Å². The van der Waals surface area contributed by atoms with Gasteiger partial charge in [0.25, 0.3) is 0 Å². The summed E-state index contributed by atoms with van der Waals surface area (Å²) >= 11 is 0. The SMILES string of the molecule is CC(CCO)CC(C)(C)CC(C)(C)CC(C)(C)CCO. The molecule has 2 heteroatoms. The van der Waals surface area contributed by atoms with Crippen LogP contribution in [0, 0.1) is 22.2 Å². The van der Waals surface area contributed by atoms with E-state index in [-0.39, 0.29) is 17.4 Å². The number of hydrogen-bond acceptors (Lipinski definition) is 2. The second-order valence-corrected chi connectivity index (χ2v) is 9.14. The topological polar surface area (TPSA) is 40.5 Å². The fraction of sp³-hybridized carbons (Fsp3) is 1.00. The second kappa shape index (κ2) is 7.79. The van der Waals surface area contributed by atoms with E-state index >= 15 is 0 Å². The lowest BCUT2D eigenvalue weighted by molar-refractivity contribution is 0.0903. The smallest absolute Gasteiger partial charge is 0.0436 e. The van der Waals surface area contributed by atoms with Crippen LogP contribution in [0.3, 0.4) is 0 Å². The van der Waals surface area contributed by atoms with Gasteiger partial charge < -0.3 is 10.2 Å². The zero-order valence-electron chi connectivity index (χ0n) is 14.9. The average molecular weight is 286 g/mol. The van der Waals surface area contributed by atoms with Gasteiger partial charge in [-0.3, -0.25) is 0 Å². The summed E-state index contributed by atoms with van der Waals surface area (Å²) in [5, 5.41) is 18.2. The first-order valence-electron chi connectivity index (χ1n) is 8.15. The van der Waals surface area contributed by atoms with Crippen LogP contribution in [0.25, 0.3) is 0 Å². The van der Waals surface area contributed by atoms with E-state index in [4.69, 9.17) is 5.11 Å². The highest BCUT2D eigenvalue weighted by Gasteiger charge is 2.34. The Morgan fingerprint density at radius 3 is 1.70 bits per heavy atom. The van der Waals surface area contributed by atoms with Crippen LogP contribution >= 0.6 is 0 Å². The van der Waals surface area contributed by atoms with Gasteiger partial charge in [0.15, 0.2) is 0 Å². The summed E-state index contributed by atoms with van der Waals surface area (Å²) in [6.45, 7) is 16.7. The molecule has 0 rings (SSSR count). The summed E-state index contributed by atoms with van der Waals surface area (Å²) in [6.07, 6.45) is 5.26. The summed E-state index contributed by atoms with van der Waals surface area (Å²) in [7, 11) is 0. The quantitative estimate of drug-likeness (QED) is 0.614. The van der Waals surface area contributed by atoms with Gasteiger partial charge in [0, 0.05) is 13.2 Å². The van der Waals surface area contributed by atoms with Gasteiger partial charge in [-0.1, -0.05) is 48.5 Å². The van der Waals surface area contributed by atoms with Crippen LogP contribution in [0.15, 0.2) is 0 Å². The van der Waals surface area contributed by atoms with Crippen LogP contribution in [-0.2, 0) is 0 Å². The number of hydrogen-bond donors (Lipinski definition) is 2. The third-order valence-electron chi connectivity index (χ3n) is 4.23. The van der Waals surface area contributed by atoms with Crippen molar-refractivity contribution in [1.29, 1.82) is 0 Å². The third-order valence-corrected chi connectivity index (χ3v) is 4.23. The van der Waals surface area contributed by atoms with E-state index in [1.165, 1.54) is 6.42 Å². The maximum atomic E-state index is 9.19. The summed E-state index contributed by atoms with van der Waals surface area (Å²) in [5.41, 5.74) is 0.777.